The molecular formula is C20H24N2O6. The van der Waals surface area contributed by atoms with E-state index < -0.39 is 28.6 Å². The van der Waals surface area contributed by atoms with Gasteiger partial charge in [0.1, 0.15) is 5.56 Å². The average Bonchev–Trinajstić information content (AvgIpc) is 2.67. The summed E-state index contributed by atoms with van der Waals surface area (Å²) in [6, 6.07) is 13.2. The molecule has 2 aromatic carbocycles. The van der Waals surface area contributed by atoms with Crippen LogP contribution in [0.15, 0.2) is 48.5 Å². The molecule has 0 atom stereocenters. The molecule has 0 aromatic heterocycles. The molecule has 150 valence electrons. The summed E-state index contributed by atoms with van der Waals surface area (Å²) in [5, 5.41) is 21.3. The van der Waals surface area contributed by atoms with Gasteiger partial charge < -0.3 is 19.5 Å². The molecule has 0 fully saturated rings. The summed E-state index contributed by atoms with van der Waals surface area (Å²) in [5.41, 5.74) is 0.0491. The van der Waals surface area contributed by atoms with E-state index in [-0.39, 0.29) is 18.7 Å². The predicted octanol–water partition coefficient (Wildman–Crippen LogP) is 3.34. The summed E-state index contributed by atoms with van der Waals surface area (Å²) in [6.45, 7) is 4.71. The van der Waals surface area contributed by atoms with E-state index in [0.29, 0.717) is 13.2 Å². The molecule has 0 spiro atoms. The monoisotopic (exact) mass is 388 g/mol. The molecule has 0 heterocycles. The topological polar surface area (TPSA) is 102 Å². The minimum atomic E-state index is -0.758. The molecule has 1 amide bonds. The van der Waals surface area contributed by atoms with Crippen molar-refractivity contribution in [1.82, 2.24) is 4.90 Å². The number of nitro groups is 1. The number of hydrogen-bond donors (Lipinski definition) is 1. The molecule has 8 heteroatoms. The van der Waals surface area contributed by atoms with E-state index in [0.717, 1.165) is 5.56 Å². The number of nitro benzene ring substituents is 1. The molecule has 0 aliphatic rings. The first-order valence-electron chi connectivity index (χ1n) is 9.00. The first-order valence-corrected chi connectivity index (χ1v) is 9.00. The standard InChI is InChI=1S/C20H24N2O6/c1-3-27-18(28-4-2)14-21(13-15-9-6-5-7-10-15)20(24)16-11-8-12-17(23)19(16)22(25)26/h5-12,18,23H,3-4,13-14H2,1-2H3. The molecule has 0 aliphatic heterocycles. The lowest BCUT2D eigenvalue weighted by atomic mass is 10.1. The molecule has 0 aliphatic carbocycles. The van der Waals surface area contributed by atoms with E-state index in [1.807, 2.05) is 44.2 Å². The number of nitrogens with zero attached hydrogens (tertiary/aromatic N) is 2. The maximum atomic E-state index is 13.2. The van der Waals surface area contributed by atoms with Gasteiger partial charge >= 0.3 is 5.69 Å². The Balaban J connectivity index is 2.38. The van der Waals surface area contributed by atoms with Crippen LogP contribution < -0.4 is 0 Å². The molecule has 0 saturated heterocycles. The van der Waals surface area contributed by atoms with Crippen molar-refractivity contribution in [1.29, 1.82) is 0 Å². The highest BCUT2D eigenvalue weighted by Gasteiger charge is 2.29. The van der Waals surface area contributed by atoms with Crippen molar-refractivity contribution in [2.75, 3.05) is 19.8 Å². The van der Waals surface area contributed by atoms with Gasteiger partial charge in [-0.25, -0.2) is 0 Å². The highest BCUT2D eigenvalue weighted by atomic mass is 16.7. The van der Waals surface area contributed by atoms with E-state index in [9.17, 15) is 20.0 Å². The first kappa shape index (κ1) is 21.3. The van der Waals surface area contributed by atoms with Crippen LogP contribution in [0.1, 0.15) is 29.8 Å². The van der Waals surface area contributed by atoms with E-state index in [4.69, 9.17) is 9.47 Å². The van der Waals surface area contributed by atoms with Gasteiger partial charge in [0.2, 0.25) is 0 Å². The van der Waals surface area contributed by atoms with Crippen LogP contribution in [0.2, 0.25) is 0 Å². The van der Waals surface area contributed by atoms with Gasteiger partial charge in [-0.3, -0.25) is 14.9 Å². The Labute approximate surface area is 163 Å². The maximum Gasteiger partial charge on any atom is 0.323 e. The van der Waals surface area contributed by atoms with Crippen molar-refractivity contribution in [2.24, 2.45) is 0 Å². The summed E-state index contributed by atoms with van der Waals surface area (Å²) in [5.74, 6) is -1.14. The Morgan fingerprint density at radius 2 is 1.75 bits per heavy atom. The number of para-hydroxylation sites is 1. The van der Waals surface area contributed by atoms with Crippen molar-refractivity contribution >= 4 is 11.6 Å². The largest absolute Gasteiger partial charge is 0.502 e. The van der Waals surface area contributed by atoms with E-state index in [1.54, 1.807) is 0 Å². The Hall–Kier alpha value is -2.97. The molecule has 0 saturated carbocycles. The van der Waals surface area contributed by atoms with Crippen LogP contribution in [0.4, 0.5) is 5.69 Å². The van der Waals surface area contributed by atoms with Crippen LogP contribution in [-0.4, -0.2) is 46.9 Å². The fourth-order valence-electron chi connectivity index (χ4n) is 2.79. The lowest BCUT2D eigenvalue weighted by Crippen LogP contribution is -2.39. The number of phenols is 1. The summed E-state index contributed by atoms with van der Waals surface area (Å²) in [6.07, 6.45) is -0.668. The highest BCUT2D eigenvalue weighted by molar-refractivity contribution is 5.99. The zero-order valence-electron chi connectivity index (χ0n) is 15.9. The Bertz CT molecular complexity index is 791. The minimum Gasteiger partial charge on any atom is -0.502 e. The highest BCUT2D eigenvalue weighted by Crippen LogP contribution is 2.30. The van der Waals surface area contributed by atoms with Crippen LogP contribution in [0.3, 0.4) is 0 Å². The normalized spacial score (nSPS) is 10.8. The van der Waals surface area contributed by atoms with E-state index in [2.05, 4.69) is 0 Å². The lowest BCUT2D eigenvalue weighted by Gasteiger charge is -2.27. The van der Waals surface area contributed by atoms with Gasteiger partial charge in [-0.2, -0.15) is 0 Å². The van der Waals surface area contributed by atoms with Gasteiger partial charge in [-0.1, -0.05) is 36.4 Å². The number of amides is 1. The van der Waals surface area contributed by atoms with Crippen molar-refractivity contribution in [2.45, 2.75) is 26.7 Å². The first-order chi connectivity index (χ1) is 13.5. The second-order valence-corrected chi connectivity index (χ2v) is 5.94. The second-order valence-electron chi connectivity index (χ2n) is 5.94. The van der Waals surface area contributed by atoms with Gasteiger partial charge in [0.15, 0.2) is 12.0 Å². The zero-order chi connectivity index (χ0) is 20.5. The number of hydrogen-bond acceptors (Lipinski definition) is 6. The number of rotatable bonds is 10. The van der Waals surface area contributed by atoms with Crippen molar-refractivity contribution in [3.63, 3.8) is 0 Å². The van der Waals surface area contributed by atoms with E-state index >= 15 is 0 Å². The van der Waals surface area contributed by atoms with Gasteiger partial charge in [0.25, 0.3) is 5.91 Å². The summed E-state index contributed by atoms with van der Waals surface area (Å²) >= 11 is 0. The fraction of sp³-hybridized carbons (Fsp3) is 0.350. The second kappa shape index (κ2) is 10.4. The number of benzene rings is 2. The summed E-state index contributed by atoms with van der Waals surface area (Å²) in [7, 11) is 0. The molecule has 8 nitrogen and oxygen atoms in total. The quantitative estimate of drug-likeness (QED) is 0.380. The third kappa shape index (κ3) is 5.51. The van der Waals surface area contributed by atoms with Crippen LogP contribution >= 0.6 is 0 Å². The predicted molar refractivity (Wildman–Crippen MR) is 103 cm³/mol. The molecule has 0 radical (unpaired) electrons. The zero-order valence-corrected chi connectivity index (χ0v) is 15.9. The molecule has 0 bridgehead atoms. The molecule has 0 unspecified atom stereocenters. The van der Waals surface area contributed by atoms with Crippen molar-refractivity contribution < 1.29 is 24.3 Å². The molecule has 2 aromatic rings. The molecule has 28 heavy (non-hydrogen) atoms. The van der Waals surface area contributed by atoms with Gasteiger partial charge in [0, 0.05) is 19.8 Å². The molecule has 2 rings (SSSR count). The average molecular weight is 388 g/mol. The van der Waals surface area contributed by atoms with Crippen molar-refractivity contribution in [3.8, 4) is 5.75 Å². The number of phenolic OH excluding ortho intramolecular Hbond substituents is 1. The van der Waals surface area contributed by atoms with Gasteiger partial charge in [-0.05, 0) is 31.5 Å². The Kier molecular flexibility index (Phi) is 7.91. The van der Waals surface area contributed by atoms with Crippen LogP contribution in [0.5, 0.6) is 5.75 Å². The van der Waals surface area contributed by atoms with Crippen LogP contribution in [-0.2, 0) is 16.0 Å². The number of ether oxygens (including phenoxy) is 2. The maximum absolute atomic E-state index is 13.2. The summed E-state index contributed by atoms with van der Waals surface area (Å²) < 4.78 is 11.1. The molecular weight excluding hydrogens is 364 g/mol. The van der Waals surface area contributed by atoms with Crippen molar-refractivity contribution in [3.05, 3.63) is 69.8 Å². The smallest absolute Gasteiger partial charge is 0.323 e. The third-order valence-corrected chi connectivity index (χ3v) is 4.01. The summed E-state index contributed by atoms with van der Waals surface area (Å²) in [4.78, 5) is 25.2. The SMILES string of the molecule is CCOC(CN(Cc1ccccc1)C(=O)c1cccc(O)c1[N+](=O)[O-])OCC. The number of carbonyl (C=O) groups is 1. The third-order valence-electron chi connectivity index (χ3n) is 4.01. The van der Waals surface area contributed by atoms with Crippen LogP contribution in [0, 0.1) is 10.1 Å². The van der Waals surface area contributed by atoms with Gasteiger partial charge in [0.05, 0.1) is 11.5 Å². The van der Waals surface area contributed by atoms with Gasteiger partial charge in [-0.15, -0.1) is 0 Å². The Morgan fingerprint density at radius 3 is 2.32 bits per heavy atom. The fourth-order valence-corrected chi connectivity index (χ4v) is 2.79. The number of aromatic hydroxyl groups is 1. The minimum absolute atomic E-state index is 0.0855. The van der Waals surface area contributed by atoms with E-state index in [1.165, 1.54) is 23.1 Å². The Morgan fingerprint density at radius 1 is 1.11 bits per heavy atom. The van der Waals surface area contributed by atoms with Crippen LogP contribution in [0.25, 0.3) is 0 Å². The molecule has 1 N–H and O–H groups in total. The lowest BCUT2D eigenvalue weighted by molar-refractivity contribution is -0.386. The number of carbonyl (C=O) groups excluding carboxylic acids is 1.